The summed E-state index contributed by atoms with van der Waals surface area (Å²) in [5, 5.41) is 11.8. The Balaban J connectivity index is 2.45. The van der Waals surface area contributed by atoms with E-state index in [9.17, 15) is 13.6 Å². The van der Waals surface area contributed by atoms with E-state index in [4.69, 9.17) is 5.11 Å². The lowest BCUT2D eigenvalue weighted by atomic mass is 9.89. The first-order chi connectivity index (χ1) is 7.64. The van der Waals surface area contributed by atoms with E-state index in [1.807, 2.05) is 0 Å². The van der Waals surface area contributed by atoms with Crippen molar-refractivity contribution in [3.8, 4) is 0 Å². The van der Waals surface area contributed by atoms with Gasteiger partial charge in [-0.05, 0) is 12.8 Å². The van der Waals surface area contributed by atoms with Crippen LogP contribution in [0.5, 0.6) is 0 Å². The third kappa shape index (κ3) is 3.14. The Kier molecular flexibility index (Phi) is 5.12. The van der Waals surface area contributed by atoms with Crippen molar-refractivity contribution in [2.75, 3.05) is 19.9 Å². The van der Waals surface area contributed by atoms with E-state index in [0.717, 1.165) is 25.7 Å². The van der Waals surface area contributed by atoms with Crippen LogP contribution in [0.15, 0.2) is 0 Å². The maximum Gasteiger partial charge on any atom is 0.316 e. The van der Waals surface area contributed by atoms with Gasteiger partial charge in [-0.25, -0.2) is 8.78 Å². The van der Waals surface area contributed by atoms with Gasteiger partial charge >= 0.3 is 5.97 Å². The highest BCUT2D eigenvalue weighted by molar-refractivity contribution is 5.75. The van der Waals surface area contributed by atoms with E-state index in [1.54, 1.807) is 0 Å². The Morgan fingerprint density at radius 1 is 1.25 bits per heavy atom. The van der Waals surface area contributed by atoms with Gasteiger partial charge in [0.05, 0.1) is 0 Å². The fraction of sp³-hybridized carbons (Fsp3) is 0.909. The van der Waals surface area contributed by atoms with Crippen molar-refractivity contribution in [1.29, 1.82) is 0 Å². The zero-order chi connectivity index (χ0) is 12.0. The molecule has 2 N–H and O–H groups in total. The normalized spacial score (nSPS) is 18.6. The van der Waals surface area contributed by atoms with Crippen LogP contribution in [-0.2, 0) is 4.79 Å². The average molecular weight is 235 g/mol. The third-order valence-electron chi connectivity index (χ3n) is 3.30. The Morgan fingerprint density at radius 2 is 1.81 bits per heavy atom. The third-order valence-corrected chi connectivity index (χ3v) is 3.30. The van der Waals surface area contributed by atoms with Crippen LogP contribution >= 0.6 is 0 Å². The molecule has 0 unspecified atom stereocenters. The highest BCUT2D eigenvalue weighted by Crippen LogP contribution is 2.22. The van der Waals surface area contributed by atoms with Gasteiger partial charge in [0, 0.05) is 12.6 Å². The molecule has 0 saturated heterocycles. The predicted octanol–water partition coefficient (Wildman–Crippen LogP) is 1.92. The molecule has 0 radical (unpaired) electrons. The largest absolute Gasteiger partial charge is 0.481 e. The fourth-order valence-electron chi connectivity index (χ4n) is 1.97. The molecule has 5 heteroatoms. The predicted molar refractivity (Wildman–Crippen MR) is 56.9 cm³/mol. The topological polar surface area (TPSA) is 49.3 Å². The number of carbonyl (C=O) groups is 1. The number of hydrogen-bond donors (Lipinski definition) is 2. The molecule has 1 aliphatic rings. The molecule has 0 amide bonds. The number of rotatable bonds is 6. The minimum Gasteiger partial charge on any atom is -0.481 e. The first-order valence-electron chi connectivity index (χ1n) is 5.73. The van der Waals surface area contributed by atoms with Crippen LogP contribution in [0.25, 0.3) is 0 Å². The van der Waals surface area contributed by atoms with Gasteiger partial charge in [-0.15, -0.1) is 0 Å². The van der Waals surface area contributed by atoms with Crippen LogP contribution in [0.4, 0.5) is 8.78 Å². The van der Waals surface area contributed by atoms with Gasteiger partial charge in [0.1, 0.15) is 18.8 Å². The lowest BCUT2D eigenvalue weighted by molar-refractivity contribution is -0.151. The van der Waals surface area contributed by atoms with Gasteiger partial charge in [0.25, 0.3) is 0 Å². The van der Waals surface area contributed by atoms with Crippen molar-refractivity contribution in [2.45, 2.75) is 38.1 Å². The van der Waals surface area contributed by atoms with Gasteiger partial charge in [-0.2, -0.15) is 0 Å². The maximum absolute atomic E-state index is 12.7. The molecule has 0 aromatic rings. The van der Waals surface area contributed by atoms with Crippen LogP contribution in [0.3, 0.4) is 0 Å². The smallest absolute Gasteiger partial charge is 0.316 e. The van der Waals surface area contributed by atoms with E-state index in [0.29, 0.717) is 0 Å². The van der Waals surface area contributed by atoms with Crippen molar-refractivity contribution in [3.63, 3.8) is 0 Å². The van der Waals surface area contributed by atoms with Gasteiger partial charge in [0.2, 0.25) is 0 Å². The number of aliphatic carboxylic acids is 1. The van der Waals surface area contributed by atoms with Crippen LogP contribution in [-0.4, -0.2) is 37.0 Å². The molecule has 0 aromatic carbocycles. The number of alkyl halides is 2. The minimum atomic E-state index is -1.89. The number of nitrogens with one attached hydrogen (secondary N) is 1. The van der Waals surface area contributed by atoms with E-state index in [1.165, 1.54) is 6.42 Å². The van der Waals surface area contributed by atoms with E-state index in [-0.39, 0.29) is 12.6 Å². The SMILES string of the molecule is O=C(O)C(CF)(CF)CNC1CCCCC1. The van der Waals surface area contributed by atoms with Crippen LogP contribution in [0, 0.1) is 5.41 Å². The van der Waals surface area contributed by atoms with Crippen LogP contribution in [0.1, 0.15) is 32.1 Å². The fourth-order valence-corrected chi connectivity index (χ4v) is 1.97. The van der Waals surface area contributed by atoms with Crippen LogP contribution in [0.2, 0.25) is 0 Å². The molecule has 1 saturated carbocycles. The summed E-state index contributed by atoms with van der Waals surface area (Å²) in [7, 11) is 0. The zero-order valence-corrected chi connectivity index (χ0v) is 9.35. The first kappa shape index (κ1) is 13.4. The lowest BCUT2D eigenvalue weighted by Gasteiger charge is -2.28. The highest BCUT2D eigenvalue weighted by Gasteiger charge is 2.39. The molecule has 3 nitrogen and oxygen atoms in total. The molecule has 0 heterocycles. The van der Waals surface area contributed by atoms with E-state index < -0.39 is 24.7 Å². The van der Waals surface area contributed by atoms with Gasteiger partial charge in [-0.3, -0.25) is 4.79 Å². The summed E-state index contributed by atoms with van der Waals surface area (Å²) < 4.78 is 25.3. The summed E-state index contributed by atoms with van der Waals surface area (Å²) in [4.78, 5) is 10.8. The van der Waals surface area contributed by atoms with Crippen molar-refractivity contribution in [2.24, 2.45) is 5.41 Å². The second kappa shape index (κ2) is 6.13. The molecular weight excluding hydrogens is 216 g/mol. The Labute approximate surface area is 94.2 Å². The number of halogens is 2. The second-order valence-corrected chi connectivity index (χ2v) is 4.57. The minimum absolute atomic E-state index is 0.125. The summed E-state index contributed by atoms with van der Waals surface area (Å²) in [6.45, 7) is -2.46. The Morgan fingerprint density at radius 3 is 2.25 bits per heavy atom. The van der Waals surface area contributed by atoms with E-state index in [2.05, 4.69) is 5.32 Å². The standard InChI is InChI=1S/C11H19F2NO2/c12-6-11(7-13,10(15)16)8-14-9-4-2-1-3-5-9/h9,14H,1-8H2,(H,15,16). The summed E-state index contributed by atoms with van der Waals surface area (Å²) in [6, 6.07) is 0.213. The van der Waals surface area contributed by atoms with Gasteiger partial charge < -0.3 is 10.4 Å². The van der Waals surface area contributed by atoms with Crippen LogP contribution < -0.4 is 5.32 Å². The van der Waals surface area contributed by atoms with Crippen molar-refractivity contribution in [3.05, 3.63) is 0 Å². The average Bonchev–Trinajstić information content (AvgIpc) is 2.32. The van der Waals surface area contributed by atoms with Crippen molar-refractivity contribution in [1.82, 2.24) is 5.32 Å². The summed E-state index contributed by atoms with van der Waals surface area (Å²) in [5.41, 5.74) is -1.89. The first-order valence-corrected chi connectivity index (χ1v) is 5.73. The Bertz CT molecular complexity index is 226. The number of carboxylic acids is 1. The quantitative estimate of drug-likeness (QED) is 0.739. The molecular formula is C11H19F2NO2. The van der Waals surface area contributed by atoms with Gasteiger partial charge in [0.15, 0.2) is 0 Å². The number of hydrogen-bond acceptors (Lipinski definition) is 2. The molecule has 1 fully saturated rings. The molecule has 1 rings (SSSR count). The Hall–Kier alpha value is -0.710. The second-order valence-electron chi connectivity index (χ2n) is 4.57. The van der Waals surface area contributed by atoms with Crippen molar-refractivity contribution < 1.29 is 18.7 Å². The molecule has 1 aliphatic carbocycles. The molecule has 0 aromatic heterocycles. The summed E-state index contributed by atoms with van der Waals surface area (Å²) in [5.74, 6) is -1.40. The summed E-state index contributed by atoms with van der Waals surface area (Å²) in [6.07, 6.45) is 5.32. The van der Waals surface area contributed by atoms with Crippen molar-refractivity contribution >= 4 is 5.97 Å². The monoisotopic (exact) mass is 235 g/mol. The number of carboxylic acid groups (broad SMARTS) is 1. The zero-order valence-electron chi connectivity index (χ0n) is 9.35. The molecule has 0 atom stereocenters. The lowest BCUT2D eigenvalue weighted by Crippen LogP contribution is -2.48. The maximum atomic E-state index is 12.7. The molecule has 0 spiro atoms. The molecule has 16 heavy (non-hydrogen) atoms. The summed E-state index contributed by atoms with van der Waals surface area (Å²) >= 11 is 0. The molecule has 0 bridgehead atoms. The molecule has 94 valence electrons. The van der Waals surface area contributed by atoms with Gasteiger partial charge in [-0.1, -0.05) is 19.3 Å². The van der Waals surface area contributed by atoms with E-state index >= 15 is 0 Å². The molecule has 0 aliphatic heterocycles. The highest BCUT2D eigenvalue weighted by atomic mass is 19.1.